The van der Waals surface area contributed by atoms with Crippen LogP contribution >= 0.6 is 0 Å². The molecule has 0 amide bonds. The molecule has 2 N–H and O–H groups in total. The van der Waals surface area contributed by atoms with Gasteiger partial charge in [0, 0.05) is 13.1 Å². The van der Waals surface area contributed by atoms with Gasteiger partial charge in [0.1, 0.15) is 5.75 Å². The lowest BCUT2D eigenvalue weighted by Crippen LogP contribution is -2.26. The molecule has 0 unspecified atom stereocenters. The van der Waals surface area contributed by atoms with Gasteiger partial charge in [0.25, 0.3) is 0 Å². The van der Waals surface area contributed by atoms with E-state index >= 15 is 0 Å². The quantitative estimate of drug-likeness (QED) is 0.889. The van der Waals surface area contributed by atoms with Crippen molar-refractivity contribution in [2.45, 2.75) is 18.8 Å². The third kappa shape index (κ3) is 3.47. The van der Waals surface area contributed by atoms with Gasteiger partial charge in [-0.3, -0.25) is 0 Å². The Bertz CT molecular complexity index is 595. The number of aliphatic hydroxyl groups excluding tert-OH is 1. The van der Waals surface area contributed by atoms with Gasteiger partial charge in [-0.05, 0) is 28.8 Å². The number of nitrogens with one attached hydrogen (secondary N) is 1. The molecule has 22 heavy (non-hydrogen) atoms. The van der Waals surface area contributed by atoms with Crippen LogP contribution in [0.1, 0.15) is 5.56 Å². The molecule has 2 atom stereocenters. The number of methoxy groups -OCH3 is 1. The van der Waals surface area contributed by atoms with Crippen LogP contribution in [0, 0.1) is 0 Å². The topological polar surface area (TPSA) is 50.7 Å². The largest absolute Gasteiger partial charge is 0.497 e. The van der Waals surface area contributed by atoms with Gasteiger partial charge >= 0.3 is 0 Å². The Hall–Kier alpha value is -1.88. The molecule has 0 bridgehead atoms. The first-order valence-electron chi connectivity index (χ1n) is 7.50. The minimum atomic E-state index is -0.404. The minimum Gasteiger partial charge on any atom is -0.497 e. The zero-order valence-corrected chi connectivity index (χ0v) is 12.7. The Labute approximate surface area is 130 Å². The van der Waals surface area contributed by atoms with Crippen molar-refractivity contribution in [3.8, 4) is 16.9 Å². The molecular weight excluding hydrogens is 278 g/mol. The highest BCUT2D eigenvalue weighted by molar-refractivity contribution is 5.64. The molecule has 4 heteroatoms. The molecule has 3 rings (SSSR count). The summed E-state index contributed by atoms with van der Waals surface area (Å²) in [6, 6.07) is 16.3. The molecule has 1 aliphatic rings. The first kappa shape index (κ1) is 15.0. The van der Waals surface area contributed by atoms with Gasteiger partial charge in [0.15, 0.2) is 0 Å². The molecule has 0 aliphatic carbocycles. The van der Waals surface area contributed by atoms with Crippen molar-refractivity contribution >= 4 is 0 Å². The van der Waals surface area contributed by atoms with Crippen molar-refractivity contribution in [1.82, 2.24) is 5.32 Å². The smallest absolute Gasteiger partial charge is 0.118 e. The van der Waals surface area contributed by atoms with Gasteiger partial charge in [-0.15, -0.1) is 0 Å². The highest BCUT2D eigenvalue weighted by Gasteiger charge is 2.25. The van der Waals surface area contributed by atoms with Crippen LogP contribution in [0.5, 0.6) is 5.75 Å². The molecule has 4 nitrogen and oxygen atoms in total. The van der Waals surface area contributed by atoms with E-state index in [1.54, 1.807) is 7.11 Å². The second-order valence-corrected chi connectivity index (χ2v) is 5.50. The van der Waals surface area contributed by atoms with E-state index < -0.39 is 6.10 Å². The summed E-state index contributed by atoms with van der Waals surface area (Å²) >= 11 is 0. The van der Waals surface area contributed by atoms with Crippen molar-refractivity contribution in [3.05, 3.63) is 54.1 Å². The summed E-state index contributed by atoms with van der Waals surface area (Å²) in [6.45, 7) is 1.85. The predicted molar refractivity (Wildman–Crippen MR) is 85.9 cm³/mol. The summed E-state index contributed by atoms with van der Waals surface area (Å²) in [4.78, 5) is 0. The van der Waals surface area contributed by atoms with E-state index in [0.717, 1.165) is 22.4 Å². The van der Waals surface area contributed by atoms with Crippen molar-refractivity contribution in [2.75, 3.05) is 20.2 Å². The average molecular weight is 299 g/mol. The van der Waals surface area contributed by atoms with Crippen molar-refractivity contribution in [3.63, 3.8) is 0 Å². The van der Waals surface area contributed by atoms with E-state index in [-0.39, 0.29) is 6.10 Å². The van der Waals surface area contributed by atoms with Crippen LogP contribution < -0.4 is 10.1 Å². The van der Waals surface area contributed by atoms with E-state index in [1.165, 1.54) is 0 Å². The molecule has 0 saturated carbocycles. The lowest BCUT2D eigenvalue weighted by atomic mass is 10.0. The molecule has 0 radical (unpaired) electrons. The van der Waals surface area contributed by atoms with Gasteiger partial charge in [0.2, 0.25) is 0 Å². The number of ether oxygens (including phenoxy) is 2. The van der Waals surface area contributed by atoms with Crippen molar-refractivity contribution in [1.29, 1.82) is 0 Å². The van der Waals surface area contributed by atoms with Crippen LogP contribution in [0.2, 0.25) is 0 Å². The maximum absolute atomic E-state index is 9.70. The van der Waals surface area contributed by atoms with Crippen LogP contribution in [0.15, 0.2) is 48.5 Å². The fourth-order valence-corrected chi connectivity index (χ4v) is 2.59. The van der Waals surface area contributed by atoms with E-state index in [4.69, 9.17) is 9.47 Å². The highest BCUT2D eigenvalue weighted by Crippen LogP contribution is 2.23. The molecule has 2 aromatic carbocycles. The molecule has 0 aromatic heterocycles. The van der Waals surface area contributed by atoms with Crippen molar-refractivity contribution in [2.24, 2.45) is 0 Å². The first-order valence-corrected chi connectivity index (χ1v) is 7.50. The summed E-state index contributed by atoms with van der Waals surface area (Å²) in [5.41, 5.74) is 3.43. The number of benzene rings is 2. The molecule has 1 aliphatic heterocycles. The normalized spacial score (nSPS) is 21.0. The second kappa shape index (κ2) is 6.92. The Morgan fingerprint density at radius 3 is 2.18 bits per heavy atom. The Kier molecular flexibility index (Phi) is 4.73. The van der Waals surface area contributed by atoms with Crippen LogP contribution in [0.25, 0.3) is 11.1 Å². The SMILES string of the molecule is COc1ccc(-c2ccc(CO[C@H]3CNC[C@@H]3O)cc2)cc1. The molecule has 1 heterocycles. The van der Waals surface area contributed by atoms with Gasteiger partial charge in [-0.2, -0.15) is 0 Å². The summed E-state index contributed by atoms with van der Waals surface area (Å²) in [5, 5.41) is 12.8. The summed E-state index contributed by atoms with van der Waals surface area (Å²) in [6.07, 6.45) is -0.514. The third-order valence-corrected chi connectivity index (χ3v) is 3.97. The number of rotatable bonds is 5. The van der Waals surface area contributed by atoms with Gasteiger partial charge in [-0.25, -0.2) is 0 Å². The van der Waals surface area contributed by atoms with Crippen LogP contribution in [0.4, 0.5) is 0 Å². The lowest BCUT2D eigenvalue weighted by molar-refractivity contribution is -0.0169. The molecule has 1 fully saturated rings. The maximum Gasteiger partial charge on any atom is 0.118 e. The van der Waals surface area contributed by atoms with Crippen LogP contribution in [-0.2, 0) is 11.3 Å². The van der Waals surface area contributed by atoms with Gasteiger partial charge in [0.05, 0.1) is 25.9 Å². The Morgan fingerprint density at radius 1 is 1.00 bits per heavy atom. The Morgan fingerprint density at radius 2 is 1.64 bits per heavy atom. The van der Waals surface area contributed by atoms with E-state index in [2.05, 4.69) is 29.6 Å². The molecule has 116 valence electrons. The number of hydrogen-bond acceptors (Lipinski definition) is 4. The minimum absolute atomic E-state index is 0.110. The standard InChI is InChI=1S/C18H21NO3/c1-21-16-8-6-15(7-9-16)14-4-2-13(3-5-14)12-22-18-11-19-10-17(18)20/h2-9,17-20H,10-12H2,1H3/t17-,18-/m0/s1. The number of hydrogen-bond donors (Lipinski definition) is 2. The van der Waals surface area contributed by atoms with Gasteiger partial charge in [-0.1, -0.05) is 36.4 Å². The molecule has 2 aromatic rings. The zero-order chi connectivity index (χ0) is 15.4. The van der Waals surface area contributed by atoms with E-state index in [9.17, 15) is 5.11 Å². The third-order valence-electron chi connectivity index (χ3n) is 3.97. The maximum atomic E-state index is 9.70. The molecule has 0 spiro atoms. The molecule has 1 saturated heterocycles. The van der Waals surface area contributed by atoms with Gasteiger partial charge < -0.3 is 19.9 Å². The van der Waals surface area contributed by atoms with E-state index in [1.807, 2.05) is 24.3 Å². The summed E-state index contributed by atoms with van der Waals surface area (Å²) in [7, 11) is 1.67. The fourth-order valence-electron chi connectivity index (χ4n) is 2.59. The predicted octanol–water partition coefficient (Wildman–Crippen LogP) is 2.21. The van der Waals surface area contributed by atoms with Crippen LogP contribution in [0.3, 0.4) is 0 Å². The fraction of sp³-hybridized carbons (Fsp3) is 0.333. The second-order valence-electron chi connectivity index (χ2n) is 5.50. The monoisotopic (exact) mass is 299 g/mol. The average Bonchev–Trinajstić information content (AvgIpc) is 2.99. The lowest BCUT2D eigenvalue weighted by Gasteiger charge is -2.14. The van der Waals surface area contributed by atoms with Crippen LogP contribution in [-0.4, -0.2) is 37.5 Å². The van der Waals surface area contributed by atoms with Crippen molar-refractivity contribution < 1.29 is 14.6 Å². The summed E-state index contributed by atoms with van der Waals surface area (Å²) in [5.74, 6) is 0.859. The first-order chi connectivity index (χ1) is 10.8. The number of β-amino-alcohol motifs (C(OH)–C–C–N with tert-alkyl or cyclic N) is 1. The molecular formula is C18H21NO3. The Balaban J connectivity index is 1.61. The van der Waals surface area contributed by atoms with E-state index in [0.29, 0.717) is 19.7 Å². The summed E-state index contributed by atoms with van der Waals surface area (Å²) < 4.78 is 10.9. The number of aliphatic hydroxyl groups is 1. The zero-order valence-electron chi connectivity index (χ0n) is 12.7. The highest BCUT2D eigenvalue weighted by atomic mass is 16.5.